The van der Waals surface area contributed by atoms with E-state index >= 15 is 0 Å². The highest BCUT2D eigenvalue weighted by atomic mass is 19.4. The molecule has 0 spiro atoms. The lowest BCUT2D eigenvalue weighted by Gasteiger charge is -2.51. The maximum Gasteiger partial charge on any atom is 0.573 e. The van der Waals surface area contributed by atoms with Crippen LogP contribution in [0.1, 0.15) is 82.6 Å². The zero-order valence-electron chi connectivity index (χ0n) is 17.5. The third kappa shape index (κ3) is 4.62. The first kappa shape index (κ1) is 21.9. The monoisotopic (exact) mass is 430 g/mol. The molecule has 3 saturated carbocycles. The number of hydrogen-bond acceptors (Lipinski definition) is 1. The molecule has 6 atom stereocenters. The van der Waals surface area contributed by atoms with Crippen molar-refractivity contribution in [3.63, 3.8) is 0 Å². The Morgan fingerprint density at radius 2 is 1.47 bits per heavy atom. The smallest absolute Gasteiger partial charge is 0.399 e. The summed E-state index contributed by atoms with van der Waals surface area (Å²) < 4.78 is 69.1. The zero-order valence-corrected chi connectivity index (χ0v) is 17.5. The molecule has 1 nitrogen and oxygen atoms in total. The van der Waals surface area contributed by atoms with Crippen molar-refractivity contribution in [3.05, 3.63) is 29.3 Å². The molecule has 0 heterocycles. The topological polar surface area (TPSA) is 9.23 Å². The Balaban J connectivity index is 1.43. The quantitative estimate of drug-likeness (QED) is 0.440. The summed E-state index contributed by atoms with van der Waals surface area (Å²) in [6.45, 7) is 2.26. The van der Waals surface area contributed by atoms with Gasteiger partial charge in [0.2, 0.25) is 5.75 Å². The fourth-order valence-corrected chi connectivity index (χ4v) is 6.89. The normalized spacial score (nSPS) is 34.2. The molecule has 6 heteroatoms. The van der Waals surface area contributed by atoms with E-state index in [2.05, 4.69) is 11.7 Å². The van der Waals surface area contributed by atoms with E-state index in [1.54, 1.807) is 0 Å². The van der Waals surface area contributed by atoms with Crippen molar-refractivity contribution in [2.24, 2.45) is 29.6 Å². The summed E-state index contributed by atoms with van der Waals surface area (Å²) in [5, 5.41) is 0. The largest absolute Gasteiger partial charge is 0.573 e. The van der Waals surface area contributed by atoms with Crippen molar-refractivity contribution in [2.45, 2.75) is 83.4 Å². The van der Waals surface area contributed by atoms with Gasteiger partial charge in [0.15, 0.2) is 11.6 Å². The van der Waals surface area contributed by atoms with Crippen LogP contribution < -0.4 is 4.74 Å². The highest BCUT2D eigenvalue weighted by Crippen LogP contribution is 2.55. The Hall–Kier alpha value is -1.33. The van der Waals surface area contributed by atoms with Crippen molar-refractivity contribution in [2.75, 3.05) is 0 Å². The van der Waals surface area contributed by atoms with Crippen LogP contribution in [0.4, 0.5) is 22.0 Å². The summed E-state index contributed by atoms with van der Waals surface area (Å²) in [7, 11) is 0. The van der Waals surface area contributed by atoms with Crippen LogP contribution in [0, 0.1) is 41.2 Å². The Labute approximate surface area is 175 Å². The van der Waals surface area contributed by atoms with Crippen LogP contribution in [-0.2, 0) is 0 Å². The van der Waals surface area contributed by atoms with Gasteiger partial charge in [-0.15, -0.1) is 13.2 Å². The molecule has 1 unspecified atom stereocenters. The van der Waals surface area contributed by atoms with Crippen LogP contribution in [0.3, 0.4) is 0 Å². The van der Waals surface area contributed by atoms with Gasteiger partial charge in [0.05, 0.1) is 0 Å². The number of alkyl halides is 3. The lowest BCUT2D eigenvalue weighted by molar-refractivity contribution is -0.276. The Morgan fingerprint density at radius 3 is 2.07 bits per heavy atom. The molecule has 0 saturated heterocycles. The van der Waals surface area contributed by atoms with Gasteiger partial charge in [-0.25, -0.2) is 8.78 Å². The molecule has 3 aliphatic carbocycles. The molecule has 30 heavy (non-hydrogen) atoms. The van der Waals surface area contributed by atoms with Crippen LogP contribution >= 0.6 is 0 Å². The average Bonchev–Trinajstić information content (AvgIpc) is 2.69. The lowest BCUT2D eigenvalue weighted by atomic mass is 9.55. The van der Waals surface area contributed by atoms with Gasteiger partial charge in [0.25, 0.3) is 0 Å². The van der Waals surface area contributed by atoms with Crippen LogP contribution in [0.2, 0.25) is 0 Å². The second-order valence-electron chi connectivity index (χ2n) is 9.76. The van der Waals surface area contributed by atoms with E-state index < -0.39 is 23.7 Å². The number of halogens is 5. The van der Waals surface area contributed by atoms with Crippen molar-refractivity contribution in [1.29, 1.82) is 0 Å². The maximum absolute atomic E-state index is 14.2. The molecular weight excluding hydrogens is 399 g/mol. The van der Waals surface area contributed by atoms with E-state index in [1.165, 1.54) is 44.9 Å². The minimum atomic E-state index is -5.12. The molecule has 3 aliphatic rings. The minimum absolute atomic E-state index is 0.00293. The standard InChI is InChI=1S/C24H31F5O/c1-2-3-14-4-8-19-16(10-14)5-6-17-11-15(7-9-20(17)19)18-12-21(25)23(22(26)13-18)30-24(27,28)29/h12-17,19-20H,2-11H2,1H3/t14-,15?,16-,17+,19+,20+/m1/s1. The molecule has 0 aromatic heterocycles. The lowest BCUT2D eigenvalue weighted by Crippen LogP contribution is -2.41. The summed E-state index contributed by atoms with van der Waals surface area (Å²) in [4.78, 5) is 0. The summed E-state index contributed by atoms with van der Waals surface area (Å²) >= 11 is 0. The minimum Gasteiger partial charge on any atom is -0.399 e. The Kier molecular flexibility index (Phi) is 6.32. The van der Waals surface area contributed by atoms with Gasteiger partial charge in [-0.1, -0.05) is 26.2 Å². The van der Waals surface area contributed by atoms with Gasteiger partial charge in [0, 0.05) is 0 Å². The van der Waals surface area contributed by atoms with Crippen LogP contribution in [0.15, 0.2) is 12.1 Å². The third-order valence-corrected chi connectivity index (χ3v) is 8.06. The molecule has 0 bridgehead atoms. The number of ether oxygens (including phenoxy) is 1. The Morgan fingerprint density at radius 1 is 0.867 bits per heavy atom. The van der Waals surface area contributed by atoms with Crippen molar-refractivity contribution >= 4 is 0 Å². The summed E-state index contributed by atoms with van der Waals surface area (Å²) in [6, 6.07) is 2.08. The van der Waals surface area contributed by atoms with Crippen molar-refractivity contribution in [1.82, 2.24) is 0 Å². The highest BCUT2D eigenvalue weighted by molar-refractivity contribution is 5.33. The molecule has 0 amide bonds. The molecule has 0 radical (unpaired) electrons. The molecular formula is C24H31F5O. The van der Waals surface area contributed by atoms with Gasteiger partial charge in [0.1, 0.15) is 0 Å². The first-order valence-corrected chi connectivity index (χ1v) is 11.5. The van der Waals surface area contributed by atoms with Gasteiger partial charge in [-0.2, -0.15) is 0 Å². The van der Waals surface area contributed by atoms with Crippen LogP contribution in [0.25, 0.3) is 0 Å². The van der Waals surface area contributed by atoms with Crippen LogP contribution in [-0.4, -0.2) is 6.36 Å². The fourth-order valence-electron chi connectivity index (χ4n) is 6.89. The van der Waals surface area contributed by atoms with Crippen molar-refractivity contribution in [3.8, 4) is 5.75 Å². The summed E-state index contributed by atoms with van der Waals surface area (Å²) in [5.41, 5.74) is 0.465. The fraction of sp³-hybridized carbons (Fsp3) is 0.750. The summed E-state index contributed by atoms with van der Waals surface area (Å²) in [6.07, 6.45) is 6.69. The maximum atomic E-state index is 14.2. The molecule has 1 aromatic carbocycles. The van der Waals surface area contributed by atoms with E-state index in [9.17, 15) is 22.0 Å². The van der Waals surface area contributed by atoms with Crippen molar-refractivity contribution < 1.29 is 26.7 Å². The second kappa shape index (κ2) is 8.66. The second-order valence-corrected chi connectivity index (χ2v) is 9.76. The van der Waals surface area contributed by atoms with Gasteiger partial charge in [-0.3, -0.25) is 0 Å². The van der Waals surface area contributed by atoms with Crippen LogP contribution in [0.5, 0.6) is 5.75 Å². The first-order valence-electron chi connectivity index (χ1n) is 11.5. The molecule has 1 aromatic rings. The molecule has 0 N–H and O–H groups in total. The van der Waals surface area contributed by atoms with E-state index in [4.69, 9.17) is 0 Å². The number of benzene rings is 1. The Bertz CT molecular complexity index is 723. The predicted octanol–water partition coefficient (Wildman–Crippen LogP) is 7.99. The molecule has 0 aliphatic heterocycles. The molecule has 3 fully saturated rings. The number of fused-ring (bicyclic) bond motifs is 3. The summed E-state index contributed by atoms with van der Waals surface area (Å²) in [5.74, 6) is -0.143. The van der Waals surface area contributed by atoms with Gasteiger partial charge >= 0.3 is 6.36 Å². The number of rotatable bonds is 4. The highest BCUT2D eigenvalue weighted by Gasteiger charge is 2.44. The molecule has 4 rings (SSSR count). The molecule has 168 valence electrons. The van der Waals surface area contributed by atoms with Gasteiger partial charge < -0.3 is 4.74 Å². The van der Waals surface area contributed by atoms with E-state index in [-0.39, 0.29) is 5.92 Å². The van der Waals surface area contributed by atoms with Gasteiger partial charge in [-0.05, 0) is 98.1 Å². The number of hydrogen-bond donors (Lipinski definition) is 0. The SMILES string of the molecule is CCC[C@@H]1CC[C@H]2[C@H](CC[C@H]3CC(c4cc(F)c(OC(F)(F)F)c(F)c4)CC[C@@H]32)C1. The zero-order chi connectivity index (χ0) is 21.5. The predicted molar refractivity (Wildman–Crippen MR) is 105 cm³/mol. The third-order valence-electron chi connectivity index (χ3n) is 8.06. The van der Waals surface area contributed by atoms with E-state index in [1.807, 2.05) is 0 Å². The van der Waals surface area contributed by atoms with E-state index in [0.717, 1.165) is 49.1 Å². The first-order chi connectivity index (χ1) is 14.2. The average molecular weight is 431 g/mol. The van der Waals surface area contributed by atoms with E-state index in [0.29, 0.717) is 17.4 Å².